The molecular weight excluding hydrogens is 318 g/mol. The number of likely N-dealkylation sites (tertiary alicyclic amines) is 1. The maximum Gasteiger partial charge on any atom is 0.410 e. The van der Waals surface area contributed by atoms with Gasteiger partial charge in [0.25, 0.3) is 0 Å². The summed E-state index contributed by atoms with van der Waals surface area (Å²) in [5, 5.41) is 0. The number of hydrogen-bond donors (Lipinski definition) is 0. The molecule has 2 aliphatic rings. The SMILES string of the molecule is CCOc1cncc(N2C3CCC2CN(C(=O)OC(C)(C)C)CC3)c1. The van der Waals surface area contributed by atoms with E-state index >= 15 is 0 Å². The Labute approximate surface area is 150 Å². The molecule has 1 amide bonds. The number of anilines is 1. The van der Waals surface area contributed by atoms with Crippen molar-refractivity contribution < 1.29 is 14.3 Å². The van der Waals surface area contributed by atoms with E-state index in [1.165, 1.54) is 0 Å². The average Bonchev–Trinajstić information content (AvgIpc) is 2.80. The van der Waals surface area contributed by atoms with Gasteiger partial charge < -0.3 is 19.3 Å². The molecule has 2 aliphatic heterocycles. The van der Waals surface area contributed by atoms with Crippen LogP contribution < -0.4 is 9.64 Å². The van der Waals surface area contributed by atoms with Gasteiger partial charge in [-0.3, -0.25) is 4.98 Å². The van der Waals surface area contributed by atoms with Crippen molar-refractivity contribution in [3.05, 3.63) is 18.5 Å². The standard InChI is InChI=1S/C19H29N3O3/c1-5-24-17-10-16(11-20-12-17)22-14-6-7-15(22)13-21(9-8-14)18(23)25-19(2,3)4/h10-12,14-15H,5-9,13H2,1-4H3. The molecular formula is C19H29N3O3. The molecule has 2 bridgehead atoms. The van der Waals surface area contributed by atoms with Gasteiger partial charge in [0.05, 0.1) is 24.7 Å². The van der Waals surface area contributed by atoms with Gasteiger partial charge >= 0.3 is 6.09 Å². The lowest BCUT2D eigenvalue weighted by Gasteiger charge is -2.31. The van der Waals surface area contributed by atoms with E-state index in [0.29, 0.717) is 25.2 Å². The Kier molecular flexibility index (Phi) is 5.06. The van der Waals surface area contributed by atoms with Crippen LogP contribution in [-0.4, -0.2) is 53.4 Å². The molecule has 0 radical (unpaired) electrons. The minimum Gasteiger partial charge on any atom is -0.492 e. The summed E-state index contributed by atoms with van der Waals surface area (Å²) in [7, 11) is 0. The highest BCUT2D eigenvalue weighted by Crippen LogP contribution is 2.36. The van der Waals surface area contributed by atoms with E-state index in [-0.39, 0.29) is 6.09 Å². The van der Waals surface area contributed by atoms with Crippen molar-refractivity contribution in [2.24, 2.45) is 0 Å². The number of amides is 1. The molecule has 6 heteroatoms. The first-order valence-corrected chi connectivity index (χ1v) is 9.21. The topological polar surface area (TPSA) is 54.9 Å². The number of carbonyl (C=O) groups is 1. The number of fused-ring (bicyclic) bond motifs is 2. The molecule has 3 rings (SSSR count). The van der Waals surface area contributed by atoms with E-state index in [9.17, 15) is 4.79 Å². The van der Waals surface area contributed by atoms with Crippen molar-refractivity contribution in [2.75, 3.05) is 24.6 Å². The molecule has 0 N–H and O–H groups in total. The zero-order valence-electron chi connectivity index (χ0n) is 15.7. The first kappa shape index (κ1) is 17.8. The van der Waals surface area contributed by atoms with Crippen LogP contribution in [0.4, 0.5) is 10.5 Å². The number of ether oxygens (including phenoxy) is 2. The van der Waals surface area contributed by atoms with Crippen LogP contribution in [0, 0.1) is 0 Å². The van der Waals surface area contributed by atoms with Gasteiger partial charge in [-0.2, -0.15) is 0 Å². The third kappa shape index (κ3) is 4.17. The van der Waals surface area contributed by atoms with Crippen LogP contribution in [0.3, 0.4) is 0 Å². The fraction of sp³-hybridized carbons (Fsp3) is 0.684. The van der Waals surface area contributed by atoms with Crippen LogP contribution in [-0.2, 0) is 4.74 Å². The Balaban J connectivity index is 1.76. The number of pyridine rings is 1. The highest BCUT2D eigenvalue weighted by molar-refractivity contribution is 5.68. The maximum atomic E-state index is 12.5. The van der Waals surface area contributed by atoms with Crippen molar-refractivity contribution in [1.29, 1.82) is 0 Å². The Morgan fingerprint density at radius 2 is 2.00 bits per heavy atom. The predicted molar refractivity (Wildman–Crippen MR) is 97.1 cm³/mol. The number of rotatable bonds is 3. The number of aromatic nitrogens is 1. The van der Waals surface area contributed by atoms with Crippen molar-refractivity contribution in [2.45, 2.75) is 64.6 Å². The minimum atomic E-state index is -0.460. The van der Waals surface area contributed by atoms with Gasteiger partial charge in [0.1, 0.15) is 11.4 Å². The molecule has 2 atom stereocenters. The third-order valence-corrected chi connectivity index (χ3v) is 4.74. The molecule has 2 saturated heterocycles. The first-order chi connectivity index (χ1) is 11.9. The van der Waals surface area contributed by atoms with Gasteiger partial charge in [0, 0.05) is 31.2 Å². The van der Waals surface area contributed by atoms with E-state index in [1.807, 2.05) is 38.8 Å². The molecule has 25 heavy (non-hydrogen) atoms. The van der Waals surface area contributed by atoms with E-state index in [4.69, 9.17) is 9.47 Å². The van der Waals surface area contributed by atoms with E-state index < -0.39 is 5.60 Å². The second kappa shape index (κ2) is 7.10. The maximum absolute atomic E-state index is 12.5. The van der Waals surface area contributed by atoms with Gasteiger partial charge in [-0.05, 0) is 47.0 Å². The summed E-state index contributed by atoms with van der Waals surface area (Å²) in [5.74, 6) is 0.799. The summed E-state index contributed by atoms with van der Waals surface area (Å²) in [4.78, 5) is 21.1. The third-order valence-electron chi connectivity index (χ3n) is 4.74. The van der Waals surface area contributed by atoms with Crippen LogP contribution in [0.25, 0.3) is 0 Å². The lowest BCUT2D eigenvalue weighted by Crippen LogP contribution is -2.43. The first-order valence-electron chi connectivity index (χ1n) is 9.21. The van der Waals surface area contributed by atoms with Crippen LogP contribution >= 0.6 is 0 Å². The number of nitrogens with zero attached hydrogens (tertiary/aromatic N) is 3. The molecule has 0 aliphatic carbocycles. The highest BCUT2D eigenvalue weighted by atomic mass is 16.6. The molecule has 2 fully saturated rings. The molecule has 1 aromatic rings. The van der Waals surface area contributed by atoms with E-state index in [2.05, 4.69) is 16.0 Å². The Morgan fingerprint density at radius 1 is 1.24 bits per heavy atom. The summed E-state index contributed by atoms with van der Waals surface area (Å²) in [6.45, 7) is 9.77. The molecule has 138 valence electrons. The molecule has 6 nitrogen and oxygen atoms in total. The monoisotopic (exact) mass is 347 g/mol. The summed E-state index contributed by atoms with van der Waals surface area (Å²) >= 11 is 0. The molecule has 0 saturated carbocycles. The summed E-state index contributed by atoms with van der Waals surface area (Å²) < 4.78 is 11.2. The average molecular weight is 347 g/mol. The van der Waals surface area contributed by atoms with Gasteiger partial charge in [-0.25, -0.2) is 4.79 Å². The smallest absolute Gasteiger partial charge is 0.410 e. The lowest BCUT2D eigenvalue weighted by molar-refractivity contribution is 0.0243. The summed E-state index contributed by atoms with van der Waals surface area (Å²) in [6.07, 6.45) is 6.64. The lowest BCUT2D eigenvalue weighted by atomic mass is 10.1. The van der Waals surface area contributed by atoms with Crippen molar-refractivity contribution in [3.63, 3.8) is 0 Å². The van der Waals surface area contributed by atoms with Crippen LogP contribution in [0.15, 0.2) is 18.5 Å². The Bertz CT molecular complexity index is 614. The predicted octanol–water partition coefficient (Wildman–Crippen LogP) is 3.46. The summed E-state index contributed by atoms with van der Waals surface area (Å²) in [6, 6.07) is 2.81. The number of hydrogen-bond acceptors (Lipinski definition) is 5. The molecule has 0 spiro atoms. The molecule has 1 aromatic heterocycles. The van der Waals surface area contributed by atoms with Crippen LogP contribution in [0.1, 0.15) is 47.0 Å². The second-order valence-electron chi connectivity index (χ2n) is 7.82. The molecule has 0 aromatic carbocycles. The quantitative estimate of drug-likeness (QED) is 0.838. The van der Waals surface area contributed by atoms with E-state index in [0.717, 1.165) is 37.2 Å². The van der Waals surface area contributed by atoms with Gasteiger partial charge in [0.2, 0.25) is 0 Å². The fourth-order valence-corrected chi connectivity index (χ4v) is 3.78. The Hall–Kier alpha value is -1.98. The zero-order chi connectivity index (χ0) is 18.0. The molecule has 2 unspecified atom stereocenters. The van der Waals surface area contributed by atoms with Crippen LogP contribution in [0.2, 0.25) is 0 Å². The largest absolute Gasteiger partial charge is 0.492 e. The zero-order valence-corrected chi connectivity index (χ0v) is 15.7. The van der Waals surface area contributed by atoms with E-state index in [1.54, 1.807) is 6.20 Å². The minimum absolute atomic E-state index is 0.207. The van der Waals surface area contributed by atoms with Crippen molar-refractivity contribution in [3.8, 4) is 5.75 Å². The number of carbonyl (C=O) groups excluding carboxylic acids is 1. The normalized spacial score (nSPS) is 23.4. The molecule has 3 heterocycles. The fourth-order valence-electron chi connectivity index (χ4n) is 3.78. The summed E-state index contributed by atoms with van der Waals surface area (Å²) in [5.41, 5.74) is 0.627. The van der Waals surface area contributed by atoms with Crippen molar-refractivity contribution in [1.82, 2.24) is 9.88 Å². The van der Waals surface area contributed by atoms with Gasteiger partial charge in [-0.15, -0.1) is 0 Å². The van der Waals surface area contributed by atoms with Gasteiger partial charge in [0.15, 0.2) is 0 Å². The van der Waals surface area contributed by atoms with Crippen molar-refractivity contribution >= 4 is 11.8 Å². The Morgan fingerprint density at radius 3 is 2.72 bits per heavy atom. The van der Waals surface area contributed by atoms with Gasteiger partial charge in [-0.1, -0.05) is 0 Å². The van der Waals surface area contributed by atoms with Crippen LogP contribution in [0.5, 0.6) is 5.75 Å². The second-order valence-corrected chi connectivity index (χ2v) is 7.82. The highest BCUT2D eigenvalue weighted by Gasteiger charge is 2.39.